The molecule has 19 heavy (non-hydrogen) atoms. The van der Waals surface area contributed by atoms with Gasteiger partial charge in [-0.3, -0.25) is 0 Å². The summed E-state index contributed by atoms with van der Waals surface area (Å²) in [6.07, 6.45) is 1.08. The molecule has 0 bridgehead atoms. The van der Waals surface area contributed by atoms with Gasteiger partial charge < -0.3 is 4.57 Å². The first-order chi connectivity index (χ1) is 9.29. The summed E-state index contributed by atoms with van der Waals surface area (Å²) in [5, 5.41) is 0.752. The predicted molar refractivity (Wildman–Crippen MR) is 80.5 cm³/mol. The molecule has 0 spiro atoms. The summed E-state index contributed by atoms with van der Waals surface area (Å²) in [4.78, 5) is 4.75. The molecule has 0 N–H and O–H groups in total. The molecule has 0 atom stereocenters. The van der Waals surface area contributed by atoms with Crippen LogP contribution in [0.4, 0.5) is 0 Å². The molecule has 96 valence electrons. The van der Waals surface area contributed by atoms with Gasteiger partial charge in [0.2, 0.25) is 0 Å². The molecule has 1 heterocycles. The van der Waals surface area contributed by atoms with E-state index >= 15 is 0 Å². The zero-order valence-corrected chi connectivity index (χ0v) is 11.6. The maximum absolute atomic E-state index is 5.95. The highest BCUT2D eigenvalue weighted by molar-refractivity contribution is 6.30. The van der Waals surface area contributed by atoms with E-state index < -0.39 is 0 Å². The van der Waals surface area contributed by atoms with Crippen molar-refractivity contribution in [2.75, 3.05) is 0 Å². The largest absolute Gasteiger partial charge is 0.324 e. The first-order valence-electron chi connectivity index (χ1n) is 6.51. The molecular weight excluding hydrogens is 256 g/mol. The number of hydrogen-bond donors (Lipinski definition) is 0. The van der Waals surface area contributed by atoms with Crippen LogP contribution in [-0.4, -0.2) is 9.55 Å². The smallest absolute Gasteiger partial charge is 0.141 e. The summed E-state index contributed by atoms with van der Waals surface area (Å²) in [5.41, 5.74) is 3.34. The van der Waals surface area contributed by atoms with Crippen LogP contribution in [0.1, 0.15) is 13.3 Å². The number of aromatic nitrogens is 2. The first kappa shape index (κ1) is 12.2. The SMILES string of the molecule is CCCn1c(-c2ccc(Cl)cc2)nc2ccccc21. The Morgan fingerprint density at radius 1 is 1.05 bits per heavy atom. The second-order valence-electron chi connectivity index (χ2n) is 4.58. The lowest BCUT2D eigenvalue weighted by Crippen LogP contribution is -1.99. The summed E-state index contributed by atoms with van der Waals surface area (Å²) < 4.78 is 2.28. The van der Waals surface area contributed by atoms with Crippen LogP contribution in [-0.2, 0) is 6.54 Å². The molecule has 3 rings (SSSR count). The van der Waals surface area contributed by atoms with Crippen molar-refractivity contribution in [3.8, 4) is 11.4 Å². The second-order valence-corrected chi connectivity index (χ2v) is 5.02. The van der Waals surface area contributed by atoms with E-state index in [4.69, 9.17) is 16.6 Å². The molecule has 0 aliphatic rings. The molecule has 2 nitrogen and oxygen atoms in total. The van der Waals surface area contributed by atoms with Crippen LogP contribution < -0.4 is 0 Å². The monoisotopic (exact) mass is 270 g/mol. The van der Waals surface area contributed by atoms with E-state index in [1.807, 2.05) is 30.3 Å². The fraction of sp³-hybridized carbons (Fsp3) is 0.188. The van der Waals surface area contributed by atoms with Gasteiger partial charge in [-0.2, -0.15) is 0 Å². The lowest BCUT2D eigenvalue weighted by atomic mass is 10.2. The fourth-order valence-corrected chi connectivity index (χ4v) is 2.47. The molecule has 1 aromatic heterocycles. The molecule has 0 radical (unpaired) electrons. The number of para-hydroxylation sites is 2. The van der Waals surface area contributed by atoms with Gasteiger partial charge in [-0.05, 0) is 42.8 Å². The lowest BCUT2D eigenvalue weighted by molar-refractivity contribution is 0.704. The topological polar surface area (TPSA) is 17.8 Å². The van der Waals surface area contributed by atoms with E-state index in [1.54, 1.807) is 0 Å². The lowest BCUT2D eigenvalue weighted by Gasteiger charge is -2.07. The summed E-state index contributed by atoms with van der Waals surface area (Å²) >= 11 is 5.95. The minimum atomic E-state index is 0.752. The van der Waals surface area contributed by atoms with Crippen LogP contribution >= 0.6 is 11.6 Å². The maximum atomic E-state index is 5.95. The quantitative estimate of drug-likeness (QED) is 0.670. The van der Waals surface area contributed by atoms with E-state index in [0.717, 1.165) is 34.9 Å². The first-order valence-corrected chi connectivity index (χ1v) is 6.88. The van der Waals surface area contributed by atoms with Crippen molar-refractivity contribution in [2.45, 2.75) is 19.9 Å². The van der Waals surface area contributed by atoms with Crippen LogP contribution in [0.25, 0.3) is 22.4 Å². The Hall–Kier alpha value is -1.80. The molecule has 0 aliphatic heterocycles. The number of nitrogens with zero attached hydrogens (tertiary/aromatic N) is 2. The number of fused-ring (bicyclic) bond motifs is 1. The van der Waals surface area contributed by atoms with E-state index in [9.17, 15) is 0 Å². The highest BCUT2D eigenvalue weighted by atomic mass is 35.5. The van der Waals surface area contributed by atoms with Crippen molar-refractivity contribution in [3.05, 3.63) is 53.6 Å². The molecule has 3 heteroatoms. The van der Waals surface area contributed by atoms with Gasteiger partial charge in [0.15, 0.2) is 0 Å². The average molecular weight is 271 g/mol. The van der Waals surface area contributed by atoms with Crippen molar-refractivity contribution in [1.82, 2.24) is 9.55 Å². The number of benzene rings is 2. The minimum Gasteiger partial charge on any atom is -0.324 e. The maximum Gasteiger partial charge on any atom is 0.141 e. The highest BCUT2D eigenvalue weighted by Crippen LogP contribution is 2.26. The molecule has 0 fully saturated rings. The van der Waals surface area contributed by atoms with Crippen molar-refractivity contribution in [2.24, 2.45) is 0 Å². The van der Waals surface area contributed by atoms with Crippen molar-refractivity contribution < 1.29 is 0 Å². The van der Waals surface area contributed by atoms with Crippen molar-refractivity contribution in [3.63, 3.8) is 0 Å². The summed E-state index contributed by atoms with van der Waals surface area (Å²) in [6.45, 7) is 3.15. The van der Waals surface area contributed by atoms with Gasteiger partial charge in [0.05, 0.1) is 11.0 Å². The third kappa shape index (κ3) is 2.24. The molecular formula is C16H15ClN2. The Morgan fingerprint density at radius 2 is 1.79 bits per heavy atom. The summed E-state index contributed by atoms with van der Waals surface area (Å²) in [7, 11) is 0. The van der Waals surface area contributed by atoms with Crippen LogP contribution in [0, 0.1) is 0 Å². The average Bonchev–Trinajstić information content (AvgIpc) is 2.79. The molecule has 0 aliphatic carbocycles. The van der Waals surface area contributed by atoms with Crippen LogP contribution in [0.3, 0.4) is 0 Å². The minimum absolute atomic E-state index is 0.752. The highest BCUT2D eigenvalue weighted by Gasteiger charge is 2.11. The summed E-state index contributed by atoms with van der Waals surface area (Å²) in [6, 6.07) is 16.1. The Kier molecular flexibility index (Phi) is 3.26. The fourth-order valence-electron chi connectivity index (χ4n) is 2.34. The van der Waals surface area contributed by atoms with Gasteiger partial charge in [0, 0.05) is 17.1 Å². The number of aryl methyl sites for hydroxylation is 1. The van der Waals surface area contributed by atoms with Gasteiger partial charge in [-0.15, -0.1) is 0 Å². The molecule has 0 unspecified atom stereocenters. The van der Waals surface area contributed by atoms with Gasteiger partial charge in [-0.25, -0.2) is 4.98 Å². The predicted octanol–water partition coefficient (Wildman–Crippen LogP) is 4.77. The Bertz CT molecular complexity index is 698. The van der Waals surface area contributed by atoms with Crippen LogP contribution in [0.2, 0.25) is 5.02 Å². The Balaban J connectivity index is 2.21. The number of hydrogen-bond acceptors (Lipinski definition) is 1. The Labute approximate surface area is 117 Å². The Morgan fingerprint density at radius 3 is 2.53 bits per heavy atom. The number of imidazole rings is 1. The van der Waals surface area contributed by atoms with Crippen LogP contribution in [0.5, 0.6) is 0 Å². The summed E-state index contributed by atoms with van der Waals surface area (Å²) in [5.74, 6) is 1.01. The number of halogens is 1. The van der Waals surface area contributed by atoms with E-state index in [1.165, 1.54) is 5.52 Å². The normalized spacial score (nSPS) is 11.1. The van der Waals surface area contributed by atoms with Gasteiger partial charge in [0.1, 0.15) is 5.82 Å². The van der Waals surface area contributed by atoms with E-state index in [-0.39, 0.29) is 0 Å². The van der Waals surface area contributed by atoms with Crippen LogP contribution in [0.15, 0.2) is 48.5 Å². The van der Waals surface area contributed by atoms with Gasteiger partial charge in [0.25, 0.3) is 0 Å². The number of rotatable bonds is 3. The third-order valence-electron chi connectivity index (χ3n) is 3.20. The molecule has 0 saturated carbocycles. The van der Waals surface area contributed by atoms with Crippen molar-refractivity contribution >= 4 is 22.6 Å². The van der Waals surface area contributed by atoms with Crippen molar-refractivity contribution in [1.29, 1.82) is 0 Å². The van der Waals surface area contributed by atoms with Gasteiger partial charge >= 0.3 is 0 Å². The second kappa shape index (κ2) is 5.06. The van der Waals surface area contributed by atoms with E-state index in [0.29, 0.717) is 0 Å². The zero-order valence-electron chi connectivity index (χ0n) is 10.8. The molecule has 2 aromatic carbocycles. The standard InChI is InChI=1S/C16H15ClN2/c1-2-11-19-15-6-4-3-5-14(15)18-16(19)12-7-9-13(17)10-8-12/h3-10H,2,11H2,1H3. The van der Waals surface area contributed by atoms with Gasteiger partial charge in [-0.1, -0.05) is 30.7 Å². The molecule has 3 aromatic rings. The third-order valence-corrected chi connectivity index (χ3v) is 3.46. The zero-order chi connectivity index (χ0) is 13.2. The van der Waals surface area contributed by atoms with E-state index in [2.05, 4.69) is 29.7 Å². The molecule has 0 saturated heterocycles. The molecule has 0 amide bonds.